The molecular weight excluding hydrogens is 338 g/mol. The maximum atomic E-state index is 12.2. The first-order valence-corrected chi connectivity index (χ1v) is 9.43. The number of alkyl carbamates (subject to hydrolysis) is 1. The van der Waals surface area contributed by atoms with Gasteiger partial charge in [0, 0.05) is 13.3 Å². The van der Waals surface area contributed by atoms with E-state index >= 15 is 0 Å². The molecule has 0 heterocycles. The second kappa shape index (κ2) is 9.78. The van der Waals surface area contributed by atoms with E-state index in [1.165, 1.54) is 6.92 Å². The van der Waals surface area contributed by atoms with Crippen LogP contribution < -0.4 is 5.32 Å². The van der Waals surface area contributed by atoms with Crippen molar-refractivity contribution in [1.29, 1.82) is 0 Å². The molecule has 1 atom stereocenters. The fraction of sp³-hybridized carbons (Fsp3) is 0.842. The van der Waals surface area contributed by atoms with E-state index in [2.05, 4.69) is 5.32 Å². The maximum absolute atomic E-state index is 12.2. The molecule has 1 saturated carbocycles. The van der Waals surface area contributed by atoms with Crippen LogP contribution in [0.3, 0.4) is 0 Å². The van der Waals surface area contributed by atoms with Crippen molar-refractivity contribution in [3.8, 4) is 0 Å². The number of amides is 1. The van der Waals surface area contributed by atoms with Gasteiger partial charge >= 0.3 is 18.0 Å². The van der Waals surface area contributed by atoms with E-state index in [0.29, 0.717) is 25.7 Å². The minimum absolute atomic E-state index is 0.192. The number of rotatable bonds is 7. The predicted molar refractivity (Wildman–Crippen MR) is 96.3 cm³/mol. The molecule has 0 aromatic carbocycles. The predicted octanol–water partition coefficient (Wildman–Crippen LogP) is 3.69. The smallest absolute Gasteiger partial charge is 0.410 e. The third kappa shape index (κ3) is 7.62. The van der Waals surface area contributed by atoms with Crippen LogP contribution in [0, 0.1) is 5.41 Å². The van der Waals surface area contributed by atoms with Crippen molar-refractivity contribution >= 4 is 18.0 Å². The Kier molecular flexibility index (Phi) is 8.37. The van der Waals surface area contributed by atoms with Gasteiger partial charge in [-0.3, -0.25) is 9.59 Å². The summed E-state index contributed by atoms with van der Waals surface area (Å²) >= 11 is 0. The lowest BCUT2D eigenvalue weighted by atomic mass is 9.84. The van der Waals surface area contributed by atoms with Gasteiger partial charge in [-0.05, 0) is 52.9 Å². The number of esters is 2. The van der Waals surface area contributed by atoms with Crippen molar-refractivity contribution in [3.63, 3.8) is 0 Å². The second-order valence-electron chi connectivity index (χ2n) is 7.97. The molecule has 150 valence electrons. The topological polar surface area (TPSA) is 90.9 Å². The van der Waals surface area contributed by atoms with Gasteiger partial charge in [0.15, 0.2) is 0 Å². The first-order valence-electron chi connectivity index (χ1n) is 9.43. The monoisotopic (exact) mass is 371 g/mol. The molecule has 0 radical (unpaired) electrons. The average molecular weight is 371 g/mol. The first-order chi connectivity index (χ1) is 12.1. The van der Waals surface area contributed by atoms with Gasteiger partial charge in [-0.2, -0.15) is 0 Å². The van der Waals surface area contributed by atoms with Gasteiger partial charge in [-0.15, -0.1) is 0 Å². The molecular formula is C19H33NO6. The summed E-state index contributed by atoms with van der Waals surface area (Å²) in [7, 11) is 0. The van der Waals surface area contributed by atoms with E-state index in [1.807, 2.05) is 6.92 Å². The third-order valence-electron chi connectivity index (χ3n) is 4.29. The van der Waals surface area contributed by atoms with Gasteiger partial charge in [0.25, 0.3) is 0 Å². The summed E-state index contributed by atoms with van der Waals surface area (Å²) in [6, 6.07) is 0. The summed E-state index contributed by atoms with van der Waals surface area (Å²) in [5, 5.41) is 2.67. The molecule has 0 aromatic heterocycles. The normalized spacial score (nSPS) is 17.7. The van der Waals surface area contributed by atoms with Crippen LogP contribution in [0.15, 0.2) is 0 Å². The molecule has 1 unspecified atom stereocenters. The molecule has 1 rings (SSSR count). The van der Waals surface area contributed by atoms with Crippen LogP contribution in [0.5, 0.6) is 0 Å². The first kappa shape index (κ1) is 22.3. The van der Waals surface area contributed by atoms with E-state index in [0.717, 1.165) is 19.3 Å². The van der Waals surface area contributed by atoms with E-state index in [9.17, 15) is 14.4 Å². The zero-order valence-electron chi connectivity index (χ0n) is 16.7. The molecule has 0 saturated heterocycles. The summed E-state index contributed by atoms with van der Waals surface area (Å²) in [6.45, 7) is 8.70. The second-order valence-corrected chi connectivity index (χ2v) is 7.97. The number of hydrogen-bond acceptors (Lipinski definition) is 6. The molecule has 0 aromatic rings. The number of ether oxygens (including phenoxy) is 3. The summed E-state index contributed by atoms with van der Waals surface area (Å²) in [4.78, 5) is 35.6. The van der Waals surface area contributed by atoms with Crippen molar-refractivity contribution in [2.75, 3.05) is 6.54 Å². The molecule has 1 aliphatic rings. The lowest BCUT2D eigenvalue weighted by molar-refractivity contribution is -0.178. The fourth-order valence-electron chi connectivity index (χ4n) is 2.88. The van der Waals surface area contributed by atoms with Crippen molar-refractivity contribution in [3.05, 3.63) is 0 Å². The van der Waals surface area contributed by atoms with Crippen LogP contribution >= 0.6 is 0 Å². The molecule has 1 amide bonds. The Morgan fingerprint density at radius 1 is 1.08 bits per heavy atom. The van der Waals surface area contributed by atoms with Crippen LogP contribution in [0.25, 0.3) is 0 Å². The standard InChI is InChI=1S/C19H33NO6/c1-6-10-15(24-16(22)18(3,4)5)25-17(23)20-13-19(26-14(2)21)11-8-7-9-12-19/h15H,6-13H2,1-5H3,(H,20,23). The zero-order valence-corrected chi connectivity index (χ0v) is 16.7. The van der Waals surface area contributed by atoms with Gasteiger partial charge in [0.2, 0.25) is 6.29 Å². The Balaban J connectivity index is 2.60. The van der Waals surface area contributed by atoms with Gasteiger partial charge in [-0.25, -0.2) is 4.79 Å². The molecule has 7 heteroatoms. The molecule has 1 aliphatic carbocycles. The van der Waals surface area contributed by atoms with E-state index in [4.69, 9.17) is 14.2 Å². The Morgan fingerprint density at radius 3 is 2.19 bits per heavy atom. The summed E-state index contributed by atoms with van der Waals surface area (Å²) in [5.41, 5.74) is -1.35. The highest BCUT2D eigenvalue weighted by Crippen LogP contribution is 2.31. The Bertz CT molecular complexity index is 491. The van der Waals surface area contributed by atoms with Crippen LogP contribution in [-0.2, 0) is 23.8 Å². The largest absolute Gasteiger partial charge is 0.457 e. The molecule has 26 heavy (non-hydrogen) atoms. The lowest BCUT2D eigenvalue weighted by Gasteiger charge is -2.36. The zero-order chi connectivity index (χ0) is 19.8. The Labute approximate surface area is 156 Å². The highest BCUT2D eigenvalue weighted by molar-refractivity contribution is 5.75. The van der Waals surface area contributed by atoms with Crippen LogP contribution in [-0.4, -0.2) is 36.5 Å². The molecule has 0 spiro atoms. The minimum Gasteiger partial charge on any atom is -0.457 e. The van der Waals surface area contributed by atoms with E-state index in [-0.39, 0.29) is 12.5 Å². The fourth-order valence-corrected chi connectivity index (χ4v) is 2.88. The molecule has 1 N–H and O–H groups in total. The Morgan fingerprint density at radius 2 is 1.69 bits per heavy atom. The van der Waals surface area contributed by atoms with Crippen molar-refractivity contribution in [2.24, 2.45) is 5.41 Å². The maximum Gasteiger partial charge on any atom is 0.410 e. The molecule has 1 fully saturated rings. The van der Waals surface area contributed by atoms with Gasteiger partial charge in [0.05, 0.1) is 12.0 Å². The van der Waals surface area contributed by atoms with Gasteiger partial charge in [-0.1, -0.05) is 13.3 Å². The summed E-state index contributed by atoms with van der Waals surface area (Å²) in [5.74, 6) is -0.780. The Hall–Kier alpha value is -1.79. The minimum atomic E-state index is -0.928. The van der Waals surface area contributed by atoms with Gasteiger partial charge < -0.3 is 19.5 Å². The highest BCUT2D eigenvalue weighted by Gasteiger charge is 2.36. The molecule has 0 aliphatic heterocycles. The molecule has 0 bridgehead atoms. The quantitative estimate of drug-likeness (QED) is 0.542. The third-order valence-corrected chi connectivity index (χ3v) is 4.29. The average Bonchev–Trinajstić information content (AvgIpc) is 2.52. The number of carbonyl (C=O) groups excluding carboxylic acids is 3. The van der Waals surface area contributed by atoms with Crippen LogP contribution in [0.1, 0.15) is 79.6 Å². The summed E-state index contributed by atoms with van der Waals surface area (Å²) < 4.78 is 16.1. The number of carbonyl (C=O) groups is 3. The van der Waals surface area contributed by atoms with E-state index in [1.54, 1.807) is 20.8 Å². The van der Waals surface area contributed by atoms with E-state index < -0.39 is 29.4 Å². The summed E-state index contributed by atoms with van der Waals surface area (Å²) in [6.07, 6.45) is 3.93. The number of nitrogens with one attached hydrogen (secondary N) is 1. The SMILES string of the molecule is CCCC(OC(=O)NCC1(OC(C)=O)CCCCC1)OC(=O)C(C)(C)C. The van der Waals surface area contributed by atoms with Crippen molar-refractivity contribution in [1.82, 2.24) is 5.32 Å². The molecule has 7 nitrogen and oxygen atoms in total. The van der Waals surface area contributed by atoms with Crippen molar-refractivity contribution in [2.45, 2.75) is 91.5 Å². The lowest BCUT2D eigenvalue weighted by Crippen LogP contribution is -2.48. The van der Waals surface area contributed by atoms with Crippen LogP contribution in [0.4, 0.5) is 4.79 Å². The van der Waals surface area contributed by atoms with Crippen molar-refractivity contribution < 1.29 is 28.6 Å². The van der Waals surface area contributed by atoms with Crippen LogP contribution in [0.2, 0.25) is 0 Å². The number of hydrogen-bond donors (Lipinski definition) is 1. The highest BCUT2D eigenvalue weighted by atomic mass is 16.7. The van der Waals surface area contributed by atoms with Gasteiger partial charge in [0.1, 0.15) is 5.60 Å².